The number of anilines is 1. The maximum Gasteiger partial charge on any atom is 0.355 e. The highest BCUT2D eigenvalue weighted by Gasteiger charge is 2.08. The fourth-order valence-corrected chi connectivity index (χ4v) is 2.06. The lowest BCUT2D eigenvalue weighted by Crippen LogP contribution is -2.17. The minimum absolute atomic E-state index is 0.0469. The average molecular weight is 266 g/mol. The van der Waals surface area contributed by atoms with Gasteiger partial charge in [-0.2, -0.15) is 0 Å². The number of aromatic nitrogens is 3. The van der Waals surface area contributed by atoms with E-state index in [1.807, 2.05) is 0 Å². The number of aromatic carboxylic acids is 1. The van der Waals surface area contributed by atoms with E-state index >= 15 is 0 Å². The molecule has 0 saturated heterocycles. The third-order valence-corrected chi connectivity index (χ3v) is 3.02. The summed E-state index contributed by atoms with van der Waals surface area (Å²) in [5, 5.41) is 13.8. The number of nitrogens with one attached hydrogen (secondary N) is 2. The summed E-state index contributed by atoms with van der Waals surface area (Å²) in [6.45, 7) is 0.465. The molecule has 2 rings (SSSR count). The lowest BCUT2D eigenvalue weighted by atomic mass is 10.4. The van der Waals surface area contributed by atoms with E-state index in [4.69, 9.17) is 5.11 Å². The van der Waals surface area contributed by atoms with Crippen LogP contribution >= 0.6 is 11.3 Å². The molecule has 0 aliphatic rings. The number of carboxylic acid groups (broad SMARTS) is 1. The second-order valence-electron chi connectivity index (χ2n) is 3.38. The number of carbonyl (C=O) groups is 1. The number of thiazole rings is 1. The third-order valence-electron chi connectivity index (χ3n) is 2.11. The van der Waals surface area contributed by atoms with Crippen LogP contribution in [0.25, 0.3) is 0 Å². The van der Waals surface area contributed by atoms with E-state index in [0.717, 1.165) is 0 Å². The van der Waals surface area contributed by atoms with Crippen molar-refractivity contribution >= 4 is 23.1 Å². The summed E-state index contributed by atoms with van der Waals surface area (Å²) < 4.78 is 0. The van der Waals surface area contributed by atoms with E-state index < -0.39 is 5.97 Å². The molecule has 0 atom stereocenters. The number of aromatic amines is 1. The highest BCUT2D eigenvalue weighted by Crippen LogP contribution is 2.10. The molecule has 0 saturated carbocycles. The molecular formula is C10H10N4O3S. The van der Waals surface area contributed by atoms with Gasteiger partial charge in [-0.1, -0.05) is 0 Å². The fraction of sp³-hybridized carbons (Fsp3) is 0.200. The van der Waals surface area contributed by atoms with Gasteiger partial charge in [0.2, 0.25) is 0 Å². The predicted octanol–water partition coefficient (Wildman–Crippen LogP) is 0.579. The van der Waals surface area contributed by atoms with Crippen LogP contribution in [0.5, 0.6) is 0 Å². The summed E-state index contributed by atoms with van der Waals surface area (Å²) >= 11 is 1.28. The number of H-pyrrole nitrogens is 1. The van der Waals surface area contributed by atoms with Crippen LogP contribution in [0.3, 0.4) is 0 Å². The third kappa shape index (κ3) is 2.92. The molecule has 2 heterocycles. The number of hydrogen-bond acceptors (Lipinski definition) is 6. The molecule has 0 aliphatic heterocycles. The van der Waals surface area contributed by atoms with Gasteiger partial charge in [0.15, 0.2) is 11.5 Å². The van der Waals surface area contributed by atoms with Crippen LogP contribution in [0.15, 0.2) is 22.6 Å². The molecule has 0 aliphatic carbocycles. The fourth-order valence-electron chi connectivity index (χ4n) is 1.29. The van der Waals surface area contributed by atoms with Gasteiger partial charge in [-0.05, 0) is 0 Å². The van der Waals surface area contributed by atoms with Crippen LogP contribution < -0.4 is 10.9 Å². The first-order valence-electron chi connectivity index (χ1n) is 5.12. The number of hydrogen-bond donors (Lipinski definition) is 3. The van der Waals surface area contributed by atoms with Crippen molar-refractivity contribution in [3.8, 4) is 0 Å². The standard InChI is InChI=1S/C10H10N4O3S/c15-9-8(12-3-4-13-9)11-2-1-7-14-6(5-18-7)10(16)17/h3-5H,1-2H2,(H,11,12)(H,13,15)(H,16,17). The van der Waals surface area contributed by atoms with Gasteiger partial charge < -0.3 is 15.4 Å². The largest absolute Gasteiger partial charge is 0.476 e. The van der Waals surface area contributed by atoms with Crippen molar-refractivity contribution < 1.29 is 9.90 Å². The molecule has 0 spiro atoms. The van der Waals surface area contributed by atoms with Crippen LogP contribution in [0.4, 0.5) is 5.82 Å². The summed E-state index contributed by atoms with van der Waals surface area (Å²) in [4.78, 5) is 32.2. The van der Waals surface area contributed by atoms with Crippen molar-refractivity contribution in [2.75, 3.05) is 11.9 Å². The van der Waals surface area contributed by atoms with Gasteiger partial charge in [-0.3, -0.25) is 4.79 Å². The summed E-state index contributed by atoms with van der Waals surface area (Å²) in [5.74, 6) is -0.792. The topological polar surface area (TPSA) is 108 Å². The molecule has 94 valence electrons. The van der Waals surface area contributed by atoms with Crippen molar-refractivity contribution in [1.29, 1.82) is 0 Å². The molecule has 0 aromatic carbocycles. The minimum Gasteiger partial charge on any atom is -0.476 e. The smallest absolute Gasteiger partial charge is 0.355 e. The Kier molecular flexibility index (Phi) is 3.68. The molecule has 7 nitrogen and oxygen atoms in total. The highest BCUT2D eigenvalue weighted by atomic mass is 32.1. The Bertz CT molecular complexity index is 607. The van der Waals surface area contributed by atoms with E-state index in [-0.39, 0.29) is 17.1 Å². The van der Waals surface area contributed by atoms with E-state index in [1.165, 1.54) is 29.1 Å². The van der Waals surface area contributed by atoms with Gasteiger partial charge in [0.1, 0.15) is 0 Å². The van der Waals surface area contributed by atoms with Crippen molar-refractivity contribution in [1.82, 2.24) is 15.0 Å². The quantitative estimate of drug-likeness (QED) is 0.730. The van der Waals surface area contributed by atoms with Gasteiger partial charge in [0, 0.05) is 30.7 Å². The molecule has 3 N–H and O–H groups in total. The first kappa shape index (κ1) is 12.2. The zero-order valence-electron chi connectivity index (χ0n) is 9.21. The van der Waals surface area contributed by atoms with E-state index in [0.29, 0.717) is 18.0 Å². The molecule has 8 heteroatoms. The molecule has 18 heavy (non-hydrogen) atoms. The Balaban J connectivity index is 1.90. The summed E-state index contributed by atoms with van der Waals surface area (Å²) in [6, 6.07) is 0. The summed E-state index contributed by atoms with van der Waals surface area (Å²) in [7, 11) is 0. The zero-order chi connectivity index (χ0) is 13.0. The molecule has 0 fully saturated rings. The normalized spacial score (nSPS) is 10.2. The molecular weight excluding hydrogens is 256 g/mol. The Hall–Kier alpha value is -2.22. The monoisotopic (exact) mass is 266 g/mol. The maximum absolute atomic E-state index is 11.3. The van der Waals surface area contributed by atoms with Crippen LogP contribution in [-0.2, 0) is 6.42 Å². The first-order valence-corrected chi connectivity index (χ1v) is 6.00. The summed E-state index contributed by atoms with van der Waals surface area (Å²) in [5.41, 5.74) is -0.242. The van der Waals surface area contributed by atoms with Crippen LogP contribution in [-0.4, -0.2) is 32.6 Å². The molecule has 2 aromatic heterocycles. The zero-order valence-corrected chi connectivity index (χ0v) is 10.0. The van der Waals surface area contributed by atoms with Crippen molar-refractivity contribution in [2.24, 2.45) is 0 Å². The highest BCUT2D eigenvalue weighted by molar-refractivity contribution is 7.09. The van der Waals surface area contributed by atoms with Gasteiger partial charge >= 0.3 is 5.97 Å². The van der Waals surface area contributed by atoms with Gasteiger partial charge in [0.05, 0.1) is 5.01 Å². The van der Waals surface area contributed by atoms with Crippen LogP contribution in [0.1, 0.15) is 15.5 Å². The van der Waals surface area contributed by atoms with Gasteiger partial charge in [-0.15, -0.1) is 11.3 Å². The SMILES string of the molecule is O=C(O)c1csc(CCNc2ncc[nH]c2=O)n1. The molecule has 0 unspecified atom stereocenters. The minimum atomic E-state index is -1.04. The molecule has 0 amide bonds. The van der Waals surface area contributed by atoms with Crippen LogP contribution in [0.2, 0.25) is 0 Å². The Labute approximate surface area is 106 Å². The van der Waals surface area contributed by atoms with Gasteiger partial charge in [0.25, 0.3) is 5.56 Å². The molecule has 0 bridgehead atoms. The number of rotatable bonds is 5. The maximum atomic E-state index is 11.3. The van der Waals surface area contributed by atoms with Crippen molar-refractivity contribution in [2.45, 2.75) is 6.42 Å². The predicted molar refractivity (Wildman–Crippen MR) is 66.1 cm³/mol. The lowest BCUT2D eigenvalue weighted by molar-refractivity contribution is 0.0691. The molecule has 2 aromatic rings. The van der Waals surface area contributed by atoms with E-state index in [2.05, 4.69) is 20.3 Å². The Morgan fingerprint density at radius 2 is 2.39 bits per heavy atom. The molecule has 0 radical (unpaired) electrons. The first-order chi connectivity index (χ1) is 8.66. The second-order valence-corrected chi connectivity index (χ2v) is 4.32. The van der Waals surface area contributed by atoms with Gasteiger partial charge in [-0.25, -0.2) is 14.8 Å². The van der Waals surface area contributed by atoms with E-state index in [9.17, 15) is 9.59 Å². The number of carboxylic acids is 1. The Morgan fingerprint density at radius 3 is 3.06 bits per heavy atom. The summed E-state index contributed by atoms with van der Waals surface area (Å²) in [6.07, 6.45) is 3.47. The second kappa shape index (κ2) is 5.41. The van der Waals surface area contributed by atoms with Crippen molar-refractivity contribution in [3.63, 3.8) is 0 Å². The van der Waals surface area contributed by atoms with E-state index in [1.54, 1.807) is 0 Å². The average Bonchev–Trinajstić information content (AvgIpc) is 2.80. The van der Waals surface area contributed by atoms with Crippen LogP contribution in [0, 0.1) is 0 Å². The number of nitrogens with zero attached hydrogens (tertiary/aromatic N) is 2. The Morgan fingerprint density at radius 1 is 1.56 bits per heavy atom. The van der Waals surface area contributed by atoms with Crippen molar-refractivity contribution in [3.05, 3.63) is 38.8 Å². The lowest BCUT2D eigenvalue weighted by Gasteiger charge is -2.01.